The Labute approximate surface area is 171 Å². The van der Waals surface area contributed by atoms with Crippen LogP contribution in [-0.4, -0.2) is 28.8 Å². The molecule has 150 valence electrons. The average Bonchev–Trinajstić information content (AvgIpc) is 2.96. The summed E-state index contributed by atoms with van der Waals surface area (Å²) in [6.07, 6.45) is 2.70. The van der Waals surface area contributed by atoms with Crippen LogP contribution in [0.15, 0.2) is 42.5 Å². The minimum Gasteiger partial charge on any atom is -0.487 e. The number of amides is 1. The molecule has 2 aromatic carbocycles. The van der Waals surface area contributed by atoms with Crippen LogP contribution < -0.4 is 10.1 Å². The van der Waals surface area contributed by atoms with E-state index in [1.54, 1.807) is 13.8 Å². The zero-order valence-electron chi connectivity index (χ0n) is 16.7. The highest BCUT2D eigenvalue weighted by Gasteiger charge is 2.35. The Morgan fingerprint density at radius 2 is 1.89 bits per heavy atom. The van der Waals surface area contributed by atoms with Gasteiger partial charge in [-0.15, -0.1) is 0 Å². The molecule has 0 saturated heterocycles. The summed E-state index contributed by atoms with van der Waals surface area (Å²) < 4.78 is 6.25. The molecule has 0 spiro atoms. The van der Waals surface area contributed by atoms with Gasteiger partial charge in [-0.2, -0.15) is 0 Å². The van der Waals surface area contributed by atoms with Gasteiger partial charge in [-0.3, -0.25) is 4.79 Å². The molecular weight excluding hydrogens is 374 g/mol. The monoisotopic (exact) mass is 401 g/mol. The SMILES string of the molecule is CC(C)(CO)NC(=O)CCc1ccc2c(c1)CC(C)(Cc1ccc(Cl)cc1)O2. The second-order valence-electron chi connectivity index (χ2n) is 8.56. The van der Waals surface area contributed by atoms with Crippen LogP contribution in [0.1, 0.15) is 43.9 Å². The summed E-state index contributed by atoms with van der Waals surface area (Å²) in [6, 6.07) is 14.1. The normalized spacial score (nSPS) is 18.5. The maximum absolute atomic E-state index is 12.1. The van der Waals surface area contributed by atoms with Gasteiger partial charge in [0.2, 0.25) is 5.91 Å². The molecule has 1 aliphatic heterocycles. The largest absolute Gasteiger partial charge is 0.487 e. The van der Waals surface area contributed by atoms with Crippen molar-refractivity contribution in [3.8, 4) is 5.75 Å². The van der Waals surface area contributed by atoms with E-state index in [0.717, 1.165) is 29.2 Å². The molecule has 0 aliphatic carbocycles. The molecule has 2 N–H and O–H groups in total. The van der Waals surface area contributed by atoms with E-state index in [-0.39, 0.29) is 18.1 Å². The summed E-state index contributed by atoms with van der Waals surface area (Å²) in [5, 5.41) is 12.9. The molecule has 28 heavy (non-hydrogen) atoms. The van der Waals surface area contributed by atoms with Crippen molar-refractivity contribution in [1.82, 2.24) is 5.32 Å². The van der Waals surface area contributed by atoms with Crippen molar-refractivity contribution in [2.75, 3.05) is 6.61 Å². The van der Waals surface area contributed by atoms with Gasteiger partial charge in [0.15, 0.2) is 0 Å². The fourth-order valence-electron chi connectivity index (χ4n) is 3.60. The van der Waals surface area contributed by atoms with Gasteiger partial charge in [0.05, 0.1) is 12.1 Å². The number of hydrogen-bond acceptors (Lipinski definition) is 3. The fourth-order valence-corrected chi connectivity index (χ4v) is 3.73. The molecular formula is C23H28ClNO3. The van der Waals surface area contributed by atoms with E-state index < -0.39 is 5.54 Å². The van der Waals surface area contributed by atoms with Crippen molar-refractivity contribution < 1.29 is 14.6 Å². The molecule has 1 unspecified atom stereocenters. The minimum absolute atomic E-state index is 0.0524. The fraction of sp³-hybridized carbons (Fsp3) is 0.435. The zero-order chi connectivity index (χ0) is 20.4. The van der Waals surface area contributed by atoms with E-state index in [9.17, 15) is 9.90 Å². The van der Waals surface area contributed by atoms with E-state index in [1.165, 1.54) is 11.1 Å². The summed E-state index contributed by atoms with van der Waals surface area (Å²) in [7, 11) is 0. The van der Waals surface area contributed by atoms with Gasteiger partial charge in [0.1, 0.15) is 11.4 Å². The maximum atomic E-state index is 12.1. The number of carbonyl (C=O) groups excluding carboxylic acids is 1. The highest BCUT2D eigenvalue weighted by Crippen LogP contribution is 2.37. The predicted octanol–water partition coefficient (Wildman–Crippen LogP) is 4.10. The Morgan fingerprint density at radius 3 is 2.57 bits per heavy atom. The number of hydrogen-bond donors (Lipinski definition) is 2. The van der Waals surface area contributed by atoms with E-state index >= 15 is 0 Å². The lowest BCUT2D eigenvalue weighted by molar-refractivity contribution is -0.123. The molecule has 4 nitrogen and oxygen atoms in total. The Morgan fingerprint density at radius 1 is 1.21 bits per heavy atom. The molecule has 3 rings (SSSR count). The zero-order valence-corrected chi connectivity index (χ0v) is 17.5. The first kappa shape index (κ1) is 20.7. The van der Waals surface area contributed by atoms with Crippen molar-refractivity contribution >= 4 is 17.5 Å². The van der Waals surface area contributed by atoms with Gasteiger partial charge < -0.3 is 15.2 Å². The summed E-state index contributed by atoms with van der Waals surface area (Å²) in [6.45, 7) is 5.66. The number of aryl methyl sites for hydroxylation is 1. The lowest BCUT2D eigenvalue weighted by Gasteiger charge is -2.24. The number of ether oxygens (including phenoxy) is 1. The highest BCUT2D eigenvalue weighted by atomic mass is 35.5. The van der Waals surface area contributed by atoms with Crippen LogP contribution in [0.2, 0.25) is 5.02 Å². The number of nitrogens with one attached hydrogen (secondary N) is 1. The number of aliphatic hydroxyl groups is 1. The summed E-state index contributed by atoms with van der Waals surface area (Å²) in [4.78, 5) is 12.1. The van der Waals surface area contributed by atoms with E-state index in [4.69, 9.17) is 16.3 Å². The molecule has 5 heteroatoms. The van der Waals surface area contributed by atoms with Crippen molar-refractivity contribution in [3.63, 3.8) is 0 Å². The maximum Gasteiger partial charge on any atom is 0.220 e. The Kier molecular flexibility index (Phi) is 6.01. The number of carbonyl (C=O) groups is 1. The molecule has 1 heterocycles. The number of halogens is 1. The first-order chi connectivity index (χ1) is 13.2. The molecule has 1 atom stereocenters. The first-order valence-corrected chi connectivity index (χ1v) is 10.0. The van der Waals surface area contributed by atoms with Gasteiger partial charge in [-0.05, 0) is 62.1 Å². The van der Waals surface area contributed by atoms with E-state index in [2.05, 4.69) is 18.3 Å². The lowest BCUT2D eigenvalue weighted by atomic mass is 9.91. The molecule has 2 aromatic rings. The van der Waals surface area contributed by atoms with Gasteiger partial charge in [0, 0.05) is 24.3 Å². The summed E-state index contributed by atoms with van der Waals surface area (Å²) in [5.74, 6) is 0.870. The van der Waals surface area contributed by atoms with Crippen LogP contribution in [0.4, 0.5) is 0 Å². The molecule has 0 saturated carbocycles. The van der Waals surface area contributed by atoms with Crippen molar-refractivity contribution in [3.05, 3.63) is 64.2 Å². The molecule has 0 aromatic heterocycles. The molecule has 0 bridgehead atoms. The Bertz CT molecular complexity index is 847. The van der Waals surface area contributed by atoms with E-state index in [0.29, 0.717) is 12.8 Å². The van der Waals surface area contributed by atoms with Crippen molar-refractivity contribution in [2.24, 2.45) is 0 Å². The summed E-state index contributed by atoms with van der Waals surface area (Å²) >= 11 is 5.98. The predicted molar refractivity (Wildman–Crippen MR) is 112 cm³/mol. The quantitative estimate of drug-likeness (QED) is 0.734. The van der Waals surface area contributed by atoms with Crippen LogP contribution in [-0.2, 0) is 24.1 Å². The van der Waals surface area contributed by atoms with Gasteiger partial charge in [0.25, 0.3) is 0 Å². The Balaban J connectivity index is 1.60. The standard InChI is InChI=1S/C23H28ClNO3/c1-22(2,15-26)25-21(27)11-7-16-6-10-20-18(12-16)14-23(3,28-20)13-17-4-8-19(24)9-5-17/h4-6,8-10,12,26H,7,11,13-15H2,1-3H3,(H,25,27). The molecule has 0 radical (unpaired) electrons. The highest BCUT2D eigenvalue weighted by molar-refractivity contribution is 6.30. The van der Waals surface area contributed by atoms with Crippen LogP contribution in [0, 0.1) is 0 Å². The van der Waals surface area contributed by atoms with Crippen molar-refractivity contribution in [1.29, 1.82) is 0 Å². The summed E-state index contributed by atoms with van der Waals surface area (Å²) in [5.41, 5.74) is 2.63. The molecule has 0 fully saturated rings. The Hall–Kier alpha value is -2.04. The third kappa shape index (κ3) is 5.27. The third-order valence-electron chi connectivity index (χ3n) is 5.05. The number of fused-ring (bicyclic) bond motifs is 1. The second kappa shape index (κ2) is 8.14. The van der Waals surface area contributed by atoms with Gasteiger partial charge >= 0.3 is 0 Å². The number of rotatable bonds is 7. The van der Waals surface area contributed by atoms with Crippen molar-refractivity contribution in [2.45, 2.75) is 57.6 Å². The topological polar surface area (TPSA) is 58.6 Å². The first-order valence-electron chi connectivity index (χ1n) is 9.65. The smallest absolute Gasteiger partial charge is 0.220 e. The number of aliphatic hydroxyl groups excluding tert-OH is 1. The van der Waals surface area contributed by atoms with Gasteiger partial charge in [-0.25, -0.2) is 0 Å². The van der Waals surface area contributed by atoms with E-state index in [1.807, 2.05) is 36.4 Å². The third-order valence-corrected chi connectivity index (χ3v) is 5.30. The van der Waals surface area contributed by atoms with Crippen LogP contribution in [0.3, 0.4) is 0 Å². The van der Waals surface area contributed by atoms with Crippen LogP contribution >= 0.6 is 11.6 Å². The number of benzene rings is 2. The molecule has 1 aliphatic rings. The van der Waals surface area contributed by atoms with Gasteiger partial charge in [-0.1, -0.05) is 35.9 Å². The average molecular weight is 402 g/mol. The lowest BCUT2D eigenvalue weighted by Crippen LogP contribution is -2.46. The second-order valence-corrected chi connectivity index (χ2v) is 9.00. The minimum atomic E-state index is -0.591. The van der Waals surface area contributed by atoms with Crippen LogP contribution in [0.25, 0.3) is 0 Å². The van der Waals surface area contributed by atoms with Crippen LogP contribution in [0.5, 0.6) is 5.75 Å². The molecule has 1 amide bonds.